The van der Waals surface area contributed by atoms with Crippen LogP contribution in [0.3, 0.4) is 0 Å². The summed E-state index contributed by atoms with van der Waals surface area (Å²) in [7, 11) is 0. The molecule has 2 aromatic heterocycles. The summed E-state index contributed by atoms with van der Waals surface area (Å²) in [5.74, 6) is 0.275. The molecule has 0 saturated heterocycles. The third kappa shape index (κ3) is 4.49. The zero-order valence-corrected chi connectivity index (χ0v) is 14.9. The molecule has 2 heterocycles. The lowest BCUT2D eigenvalue weighted by atomic mass is 10.1. The Hall–Kier alpha value is -3.68. The molecule has 0 unspecified atom stereocenters. The van der Waals surface area contributed by atoms with Crippen LogP contribution in [-0.2, 0) is 4.74 Å². The van der Waals surface area contributed by atoms with Crippen molar-refractivity contribution in [3.8, 4) is 0 Å². The number of carbonyl (C=O) groups excluding carboxylic acids is 2. The molecule has 27 heavy (non-hydrogen) atoms. The number of esters is 1. The molecule has 3 rings (SSSR count). The number of ether oxygens (including phenoxy) is 1. The number of aromatic nitrogens is 2. The summed E-state index contributed by atoms with van der Waals surface area (Å²) >= 11 is 0. The van der Waals surface area contributed by atoms with Gasteiger partial charge in [0.05, 0.1) is 35.3 Å². The number of pyridine rings is 1. The Balaban J connectivity index is 1.77. The van der Waals surface area contributed by atoms with Gasteiger partial charge in [0.25, 0.3) is 5.91 Å². The maximum Gasteiger partial charge on any atom is 0.340 e. The minimum absolute atomic E-state index is 0.250. The van der Waals surface area contributed by atoms with Crippen LogP contribution in [0.4, 0.5) is 17.2 Å². The largest absolute Gasteiger partial charge is 0.462 e. The molecule has 2 N–H and O–H groups in total. The maximum absolute atomic E-state index is 12.6. The average molecular weight is 366 g/mol. The van der Waals surface area contributed by atoms with Gasteiger partial charge in [0.15, 0.2) is 5.82 Å². The molecule has 1 amide bonds. The number of carbonyl (C=O) groups is 2. The number of nitrogens with one attached hydrogen (secondary N) is 2. The van der Waals surface area contributed by atoms with E-state index in [-0.39, 0.29) is 12.2 Å². The van der Waals surface area contributed by atoms with Crippen LogP contribution in [0.1, 0.15) is 33.4 Å². The van der Waals surface area contributed by atoms with Gasteiger partial charge in [-0.1, -0.05) is 17.3 Å². The van der Waals surface area contributed by atoms with E-state index in [9.17, 15) is 9.59 Å². The van der Waals surface area contributed by atoms with Gasteiger partial charge in [0.2, 0.25) is 0 Å². The summed E-state index contributed by atoms with van der Waals surface area (Å²) < 4.78 is 10.0. The quantitative estimate of drug-likeness (QED) is 0.643. The average Bonchev–Trinajstić information content (AvgIpc) is 3.07. The molecular formula is C19H18N4O4. The van der Waals surface area contributed by atoms with Gasteiger partial charge in [-0.3, -0.25) is 9.78 Å². The lowest BCUT2D eigenvalue weighted by Crippen LogP contribution is -2.16. The van der Waals surface area contributed by atoms with Crippen molar-refractivity contribution < 1.29 is 18.8 Å². The molecule has 0 aliphatic carbocycles. The highest BCUT2D eigenvalue weighted by Gasteiger charge is 2.15. The second-order valence-corrected chi connectivity index (χ2v) is 5.63. The van der Waals surface area contributed by atoms with Crippen LogP contribution in [0.15, 0.2) is 53.3 Å². The highest BCUT2D eigenvalue weighted by molar-refractivity contribution is 6.08. The molecule has 0 radical (unpaired) electrons. The van der Waals surface area contributed by atoms with Gasteiger partial charge in [-0.25, -0.2) is 4.79 Å². The number of para-hydroxylation sites is 1. The van der Waals surface area contributed by atoms with Crippen molar-refractivity contribution in [2.75, 3.05) is 17.2 Å². The second-order valence-electron chi connectivity index (χ2n) is 5.63. The Morgan fingerprint density at radius 1 is 1.19 bits per heavy atom. The first-order chi connectivity index (χ1) is 13.1. The fourth-order valence-corrected chi connectivity index (χ4v) is 2.38. The fourth-order valence-electron chi connectivity index (χ4n) is 2.38. The van der Waals surface area contributed by atoms with Crippen molar-refractivity contribution in [1.29, 1.82) is 0 Å². The minimum Gasteiger partial charge on any atom is -0.462 e. The Kier molecular flexibility index (Phi) is 5.46. The molecule has 8 nitrogen and oxygen atoms in total. The molecule has 0 aliphatic heterocycles. The van der Waals surface area contributed by atoms with Crippen molar-refractivity contribution in [3.05, 3.63) is 65.7 Å². The first kappa shape index (κ1) is 18.1. The Labute approximate surface area is 155 Å². The number of benzene rings is 1. The highest BCUT2D eigenvalue weighted by atomic mass is 16.5. The molecule has 0 spiro atoms. The van der Waals surface area contributed by atoms with E-state index in [1.54, 1.807) is 56.4 Å². The highest BCUT2D eigenvalue weighted by Crippen LogP contribution is 2.20. The summed E-state index contributed by atoms with van der Waals surface area (Å²) in [6, 6.07) is 10.0. The molecule has 0 bridgehead atoms. The zero-order chi connectivity index (χ0) is 19.2. The number of rotatable bonds is 6. The van der Waals surface area contributed by atoms with Gasteiger partial charge in [0.1, 0.15) is 5.76 Å². The normalized spacial score (nSPS) is 10.3. The smallest absolute Gasteiger partial charge is 0.340 e. The van der Waals surface area contributed by atoms with Gasteiger partial charge in [0, 0.05) is 12.3 Å². The molecular weight excluding hydrogens is 348 g/mol. The Morgan fingerprint density at radius 2 is 2.00 bits per heavy atom. The van der Waals surface area contributed by atoms with Crippen molar-refractivity contribution >= 4 is 29.1 Å². The van der Waals surface area contributed by atoms with Crippen LogP contribution in [-0.4, -0.2) is 28.6 Å². The van der Waals surface area contributed by atoms with Crippen LogP contribution < -0.4 is 10.6 Å². The Bertz CT molecular complexity index is 968. The molecule has 0 saturated carbocycles. The predicted molar refractivity (Wildman–Crippen MR) is 99.1 cm³/mol. The fraction of sp³-hybridized carbons (Fsp3) is 0.158. The monoisotopic (exact) mass is 366 g/mol. The summed E-state index contributed by atoms with van der Waals surface area (Å²) in [5, 5.41) is 9.56. The molecule has 3 aromatic rings. The standard InChI is InChI=1S/C19H18N4O4/c1-3-26-19(25)15-6-4-5-7-16(15)22-18(24)13-9-14(11-20-10-13)21-17-8-12(2)27-23-17/h4-11H,3H2,1-2H3,(H,21,23)(H,22,24). The van der Waals surface area contributed by atoms with Crippen LogP contribution in [0.5, 0.6) is 0 Å². The van der Waals surface area contributed by atoms with Crippen molar-refractivity contribution in [2.45, 2.75) is 13.8 Å². The number of nitrogens with zero attached hydrogens (tertiary/aromatic N) is 2. The van der Waals surface area contributed by atoms with Crippen molar-refractivity contribution in [2.24, 2.45) is 0 Å². The molecule has 1 aromatic carbocycles. The van der Waals surface area contributed by atoms with Crippen LogP contribution in [0.2, 0.25) is 0 Å². The van der Waals surface area contributed by atoms with Crippen LogP contribution in [0.25, 0.3) is 0 Å². The topological polar surface area (TPSA) is 106 Å². The summed E-state index contributed by atoms with van der Waals surface area (Å²) in [6.07, 6.45) is 2.99. The van der Waals surface area contributed by atoms with E-state index in [4.69, 9.17) is 9.26 Å². The first-order valence-corrected chi connectivity index (χ1v) is 8.29. The van der Waals surface area contributed by atoms with Gasteiger partial charge in [-0.15, -0.1) is 0 Å². The number of amides is 1. The molecule has 0 fully saturated rings. The van der Waals surface area contributed by atoms with E-state index in [0.717, 1.165) is 0 Å². The van der Waals surface area contributed by atoms with Crippen molar-refractivity contribution in [3.63, 3.8) is 0 Å². The lowest BCUT2D eigenvalue weighted by molar-refractivity contribution is 0.0527. The van der Waals surface area contributed by atoms with Crippen LogP contribution >= 0.6 is 0 Å². The molecule has 138 valence electrons. The third-order valence-electron chi connectivity index (χ3n) is 3.57. The first-order valence-electron chi connectivity index (χ1n) is 8.29. The summed E-state index contributed by atoms with van der Waals surface area (Å²) in [5.41, 5.74) is 1.55. The zero-order valence-electron chi connectivity index (χ0n) is 14.9. The molecule has 0 atom stereocenters. The van der Waals surface area contributed by atoms with E-state index in [1.165, 1.54) is 6.20 Å². The molecule has 0 aliphatic rings. The molecule has 8 heteroatoms. The lowest BCUT2D eigenvalue weighted by Gasteiger charge is -2.11. The SMILES string of the molecule is CCOC(=O)c1ccccc1NC(=O)c1cncc(Nc2cc(C)on2)c1. The van der Waals surface area contributed by atoms with Crippen molar-refractivity contribution in [1.82, 2.24) is 10.1 Å². The number of aryl methyl sites for hydroxylation is 1. The second kappa shape index (κ2) is 8.13. The van der Waals surface area contributed by atoms with E-state index in [1.807, 2.05) is 0 Å². The summed E-state index contributed by atoms with van der Waals surface area (Å²) in [4.78, 5) is 28.7. The summed E-state index contributed by atoms with van der Waals surface area (Å²) in [6.45, 7) is 3.75. The number of hydrogen-bond acceptors (Lipinski definition) is 7. The predicted octanol–water partition coefficient (Wildman–Crippen LogP) is 3.55. The van der Waals surface area contributed by atoms with Gasteiger partial charge in [-0.2, -0.15) is 0 Å². The van der Waals surface area contributed by atoms with Gasteiger partial charge in [-0.05, 0) is 32.0 Å². The Morgan fingerprint density at radius 3 is 2.74 bits per heavy atom. The van der Waals surface area contributed by atoms with Crippen LogP contribution in [0, 0.1) is 6.92 Å². The van der Waals surface area contributed by atoms with E-state index >= 15 is 0 Å². The number of hydrogen-bond donors (Lipinski definition) is 2. The van der Waals surface area contributed by atoms with Gasteiger partial charge >= 0.3 is 5.97 Å². The third-order valence-corrected chi connectivity index (χ3v) is 3.57. The van der Waals surface area contributed by atoms with E-state index in [0.29, 0.717) is 28.5 Å². The van der Waals surface area contributed by atoms with Gasteiger partial charge < -0.3 is 19.9 Å². The van der Waals surface area contributed by atoms with E-state index < -0.39 is 11.9 Å². The van der Waals surface area contributed by atoms with E-state index in [2.05, 4.69) is 20.8 Å². The minimum atomic E-state index is -0.497. The number of anilines is 3. The maximum atomic E-state index is 12.6.